The van der Waals surface area contributed by atoms with E-state index in [1.165, 1.54) is 36.2 Å². The van der Waals surface area contributed by atoms with Crippen LogP contribution in [0, 0.1) is 5.92 Å². The SMILES string of the molecule is CC(C)Cc1c(CCN)nn2c1CCCC2. The van der Waals surface area contributed by atoms with Crippen LogP contribution < -0.4 is 5.73 Å². The summed E-state index contributed by atoms with van der Waals surface area (Å²) in [5.41, 5.74) is 9.92. The third kappa shape index (κ3) is 2.29. The Morgan fingerprint density at radius 3 is 2.88 bits per heavy atom. The maximum absolute atomic E-state index is 5.67. The summed E-state index contributed by atoms with van der Waals surface area (Å²) in [5, 5.41) is 4.73. The molecular weight excluding hydrogens is 198 g/mol. The molecule has 1 aromatic heterocycles. The highest BCUT2D eigenvalue weighted by atomic mass is 15.3. The van der Waals surface area contributed by atoms with Crippen molar-refractivity contribution in [2.75, 3.05) is 6.54 Å². The molecule has 1 aliphatic rings. The summed E-state index contributed by atoms with van der Waals surface area (Å²) < 4.78 is 2.23. The molecule has 1 aliphatic heterocycles. The molecule has 90 valence electrons. The maximum Gasteiger partial charge on any atom is 0.0672 e. The summed E-state index contributed by atoms with van der Waals surface area (Å²) >= 11 is 0. The Bertz CT molecular complexity index is 352. The Balaban J connectivity index is 2.32. The zero-order chi connectivity index (χ0) is 11.5. The molecule has 0 amide bonds. The van der Waals surface area contributed by atoms with Gasteiger partial charge in [0.15, 0.2) is 0 Å². The molecule has 3 nitrogen and oxygen atoms in total. The van der Waals surface area contributed by atoms with Crippen molar-refractivity contribution in [1.82, 2.24) is 9.78 Å². The molecule has 2 rings (SSSR count). The van der Waals surface area contributed by atoms with Gasteiger partial charge in [-0.15, -0.1) is 0 Å². The number of hydrogen-bond acceptors (Lipinski definition) is 2. The van der Waals surface area contributed by atoms with Crippen LogP contribution in [0.5, 0.6) is 0 Å². The van der Waals surface area contributed by atoms with Crippen LogP contribution in [0.25, 0.3) is 0 Å². The monoisotopic (exact) mass is 221 g/mol. The van der Waals surface area contributed by atoms with Crippen molar-refractivity contribution >= 4 is 0 Å². The van der Waals surface area contributed by atoms with E-state index in [-0.39, 0.29) is 0 Å². The third-order valence-electron chi connectivity index (χ3n) is 3.28. The second-order valence-corrected chi connectivity index (χ2v) is 5.19. The predicted molar refractivity (Wildman–Crippen MR) is 66.5 cm³/mol. The number of nitrogens with two attached hydrogens (primary N) is 1. The maximum atomic E-state index is 5.67. The quantitative estimate of drug-likeness (QED) is 0.844. The second-order valence-electron chi connectivity index (χ2n) is 5.19. The second kappa shape index (κ2) is 5.00. The molecule has 0 unspecified atom stereocenters. The fraction of sp³-hybridized carbons (Fsp3) is 0.769. The lowest BCUT2D eigenvalue weighted by molar-refractivity contribution is 0.480. The number of rotatable bonds is 4. The van der Waals surface area contributed by atoms with Gasteiger partial charge in [-0.05, 0) is 43.7 Å². The van der Waals surface area contributed by atoms with E-state index < -0.39 is 0 Å². The van der Waals surface area contributed by atoms with Crippen molar-refractivity contribution in [3.8, 4) is 0 Å². The van der Waals surface area contributed by atoms with E-state index in [0.717, 1.165) is 19.4 Å². The fourth-order valence-electron chi connectivity index (χ4n) is 2.59. The van der Waals surface area contributed by atoms with E-state index in [2.05, 4.69) is 18.5 Å². The molecule has 0 saturated carbocycles. The summed E-state index contributed by atoms with van der Waals surface area (Å²) in [7, 11) is 0. The zero-order valence-electron chi connectivity index (χ0n) is 10.5. The van der Waals surface area contributed by atoms with Gasteiger partial charge < -0.3 is 5.73 Å². The van der Waals surface area contributed by atoms with Crippen LogP contribution in [0.1, 0.15) is 43.6 Å². The lowest BCUT2D eigenvalue weighted by Crippen LogP contribution is -2.12. The Hall–Kier alpha value is -0.830. The topological polar surface area (TPSA) is 43.8 Å². The van der Waals surface area contributed by atoms with Gasteiger partial charge in [0.1, 0.15) is 0 Å². The average molecular weight is 221 g/mol. The molecule has 16 heavy (non-hydrogen) atoms. The first-order chi connectivity index (χ1) is 7.72. The molecule has 1 aromatic rings. The van der Waals surface area contributed by atoms with Gasteiger partial charge in [0.25, 0.3) is 0 Å². The van der Waals surface area contributed by atoms with Crippen molar-refractivity contribution in [2.24, 2.45) is 11.7 Å². The van der Waals surface area contributed by atoms with Crippen LogP contribution >= 0.6 is 0 Å². The Kier molecular flexibility index (Phi) is 3.64. The van der Waals surface area contributed by atoms with E-state index >= 15 is 0 Å². The van der Waals surface area contributed by atoms with Crippen LogP contribution in [0.4, 0.5) is 0 Å². The first-order valence-corrected chi connectivity index (χ1v) is 6.50. The van der Waals surface area contributed by atoms with Crippen molar-refractivity contribution in [3.63, 3.8) is 0 Å². The predicted octanol–water partition coefficient (Wildman–Crippen LogP) is 1.92. The smallest absolute Gasteiger partial charge is 0.0672 e. The highest BCUT2D eigenvalue weighted by Gasteiger charge is 2.20. The molecule has 0 aromatic carbocycles. The van der Waals surface area contributed by atoms with E-state index in [1.54, 1.807) is 0 Å². The summed E-state index contributed by atoms with van der Waals surface area (Å²) in [6.07, 6.45) is 5.89. The first-order valence-electron chi connectivity index (χ1n) is 6.50. The molecule has 0 saturated heterocycles. The molecule has 3 heteroatoms. The van der Waals surface area contributed by atoms with Crippen molar-refractivity contribution < 1.29 is 0 Å². The summed E-state index contributed by atoms with van der Waals surface area (Å²) in [6, 6.07) is 0. The Morgan fingerprint density at radius 1 is 1.38 bits per heavy atom. The number of nitrogens with zero attached hydrogens (tertiary/aromatic N) is 2. The Morgan fingerprint density at radius 2 is 2.19 bits per heavy atom. The molecule has 2 heterocycles. The van der Waals surface area contributed by atoms with E-state index in [4.69, 9.17) is 10.8 Å². The number of aryl methyl sites for hydroxylation is 1. The van der Waals surface area contributed by atoms with Gasteiger partial charge in [-0.2, -0.15) is 5.10 Å². The molecule has 0 radical (unpaired) electrons. The van der Waals surface area contributed by atoms with Crippen molar-refractivity contribution in [3.05, 3.63) is 17.0 Å². The van der Waals surface area contributed by atoms with Gasteiger partial charge in [-0.3, -0.25) is 4.68 Å². The van der Waals surface area contributed by atoms with Gasteiger partial charge in [-0.1, -0.05) is 13.8 Å². The lowest BCUT2D eigenvalue weighted by atomic mass is 9.96. The van der Waals surface area contributed by atoms with E-state index in [0.29, 0.717) is 12.5 Å². The molecule has 0 fully saturated rings. The van der Waals surface area contributed by atoms with Crippen molar-refractivity contribution in [1.29, 1.82) is 0 Å². The first kappa shape index (κ1) is 11.6. The van der Waals surface area contributed by atoms with Crippen LogP contribution in [0.15, 0.2) is 0 Å². The summed E-state index contributed by atoms with van der Waals surface area (Å²) in [4.78, 5) is 0. The van der Waals surface area contributed by atoms with Crippen molar-refractivity contribution in [2.45, 2.75) is 52.5 Å². The van der Waals surface area contributed by atoms with Crippen LogP contribution in [-0.4, -0.2) is 16.3 Å². The van der Waals surface area contributed by atoms with Gasteiger partial charge >= 0.3 is 0 Å². The number of fused-ring (bicyclic) bond motifs is 1. The largest absolute Gasteiger partial charge is 0.330 e. The summed E-state index contributed by atoms with van der Waals surface area (Å²) in [5.74, 6) is 0.701. The minimum Gasteiger partial charge on any atom is -0.330 e. The normalized spacial score (nSPS) is 15.5. The fourth-order valence-corrected chi connectivity index (χ4v) is 2.59. The lowest BCUT2D eigenvalue weighted by Gasteiger charge is -2.15. The average Bonchev–Trinajstić information content (AvgIpc) is 2.57. The summed E-state index contributed by atoms with van der Waals surface area (Å²) in [6.45, 7) is 6.37. The Labute approximate surface area is 98.0 Å². The molecule has 0 aliphatic carbocycles. The van der Waals surface area contributed by atoms with Crippen LogP contribution in [-0.2, 0) is 25.8 Å². The molecule has 0 spiro atoms. The molecular formula is C13H23N3. The van der Waals surface area contributed by atoms with E-state index in [1.807, 2.05) is 0 Å². The molecule has 0 bridgehead atoms. The minimum absolute atomic E-state index is 0.701. The van der Waals surface area contributed by atoms with Gasteiger partial charge in [0.05, 0.1) is 5.69 Å². The van der Waals surface area contributed by atoms with Crippen LogP contribution in [0.3, 0.4) is 0 Å². The highest BCUT2D eigenvalue weighted by molar-refractivity contribution is 5.28. The highest BCUT2D eigenvalue weighted by Crippen LogP contribution is 2.24. The van der Waals surface area contributed by atoms with Crippen LogP contribution in [0.2, 0.25) is 0 Å². The molecule has 0 atom stereocenters. The molecule has 2 N–H and O–H groups in total. The third-order valence-corrected chi connectivity index (χ3v) is 3.28. The van der Waals surface area contributed by atoms with E-state index in [9.17, 15) is 0 Å². The standard InChI is InChI=1S/C13H23N3/c1-10(2)9-11-12(6-7-14)15-16-8-4-3-5-13(11)16/h10H,3-9,14H2,1-2H3. The number of hydrogen-bond donors (Lipinski definition) is 1. The minimum atomic E-state index is 0.701. The van der Waals surface area contributed by atoms with Gasteiger partial charge in [0.2, 0.25) is 0 Å². The van der Waals surface area contributed by atoms with Gasteiger partial charge in [0, 0.05) is 18.7 Å². The van der Waals surface area contributed by atoms with Gasteiger partial charge in [-0.25, -0.2) is 0 Å². The number of aromatic nitrogens is 2. The zero-order valence-corrected chi connectivity index (χ0v) is 10.5.